The average Bonchev–Trinajstić information content (AvgIpc) is 2.67. The predicted molar refractivity (Wildman–Crippen MR) is 81.2 cm³/mol. The third kappa shape index (κ3) is 3.37. The van der Waals surface area contributed by atoms with Crippen LogP contribution in [0.15, 0.2) is 0 Å². The fourth-order valence-electron chi connectivity index (χ4n) is 2.98. The Morgan fingerprint density at radius 1 is 1.48 bits per heavy atom. The van der Waals surface area contributed by atoms with E-state index in [-0.39, 0.29) is 11.9 Å². The lowest BCUT2D eigenvalue weighted by Crippen LogP contribution is -2.55. The Labute approximate surface area is 126 Å². The number of aromatic nitrogens is 2. The number of nitrogens with zero attached hydrogens (tertiary/aromatic N) is 3. The molecule has 6 heteroatoms. The van der Waals surface area contributed by atoms with Crippen LogP contribution in [0, 0.1) is 12.8 Å². The van der Waals surface area contributed by atoms with Gasteiger partial charge in [-0.15, -0.1) is 0 Å². The van der Waals surface area contributed by atoms with Crippen LogP contribution in [0.25, 0.3) is 0 Å². The summed E-state index contributed by atoms with van der Waals surface area (Å²) in [6.07, 6.45) is 0.869. The number of carbonyl (C=O) groups excluding carboxylic acids is 1. The molecule has 1 amide bonds. The Hall–Kier alpha value is -1.56. The van der Waals surface area contributed by atoms with Gasteiger partial charge in [0.2, 0.25) is 11.8 Å². The molecule has 1 atom stereocenters. The third-order valence-corrected chi connectivity index (χ3v) is 3.98. The number of ether oxygens (including phenoxy) is 1. The van der Waals surface area contributed by atoms with Crippen molar-refractivity contribution in [2.24, 2.45) is 13.0 Å². The van der Waals surface area contributed by atoms with Crippen molar-refractivity contribution < 1.29 is 9.53 Å². The molecule has 0 aromatic carbocycles. The monoisotopic (exact) mass is 294 g/mol. The number of amides is 1. The number of hydrogen-bond acceptors (Lipinski definition) is 4. The number of rotatable bonds is 5. The summed E-state index contributed by atoms with van der Waals surface area (Å²) in [7, 11) is 3.54. The van der Waals surface area contributed by atoms with Gasteiger partial charge < -0.3 is 10.1 Å². The molecule has 21 heavy (non-hydrogen) atoms. The first-order valence-corrected chi connectivity index (χ1v) is 7.52. The number of hydrogen-bond donors (Lipinski definition) is 1. The van der Waals surface area contributed by atoms with Gasteiger partial charge in [0.25, 0.3) is 0 Å². The van der Waals surface area contributed by atoms with E-state index in [0.29, 0.717) is 19.0 Å². The van der Waals surface area contributed by atoms with Gasteiger partial charge in [0.1, 0.15) is 0 Å². The minimum absolute atomic E-state index is 0.0666. The summed E-state index contributed by atoms with van der Waals surface area (Å²) in [4.78, 5) is 14.4. The molecule has 118 valence electrons. The van der Waals surface area contributed by atoms with Gasteiger partial charge in [0.15, 0.2) is 0 Å². The van der Waals surface area contributed by atoms with Crippen LogP contribution in [0.1, 0.15) is 31.5 Å². The van der Waals surface area contributed by atoms with Crippen molar-refractivity contribution in [1.29, 1.82) is 0 Å². The molecule has 6 nitrogen and oxygen atoms in total. The van der Waals surface area contributed by atoms with E-state index in [0.717, 1.165) is 30.1 Å². The fraction of sp³-hybridized carbons (Fsp3) is 0.733. The van der Waals surface area contributed by atoms with E-state index >= 15 is 0 Å². The minimum Gasteiger partial charge on any atom is -0.481 e. The maximum Gasteiger partial charge on any atom is 0.237 e. The lowest BCUT2D eigenvalue weighted by molar-refractivity contribution is -0.130. The first-order chi connectivity index (χ1) is 9.93. The van der Waals surface area contributed by atoms with E-state index < -0.39 is 0 Å². The van der Waals surface area contributed by atoms with Crippen molar-refractivity contribution in [3.8, 4) is 5.88 Å². The lowest BCUT2D eigenvalue weighted by atomic mass is 9.99. The van der Waals surface area contributed by atoms with Gasteiger partial charge in [-0.2, -0.15) is 5.10 Å². The van der Waals surface area contributed by atoms with Crippen molar-refractivity contribution >= 4 is 5.91 Å². The van der Waals surface area contributed by atoms with Crippen molar-refractivity contribution in [2.45, 2.75) is 39.8 Å². The molecule has 1 aliphatic heterocycles. The molecule has 1 aromatic rings. The molecule has 1 N–H and O–H groups in total. The molecule has 1 saturated heterocycles. The summed E-state index contributed by atoms with van der Waals surface area (Å²) in [6, 6.07) is -0.0666. The summed E-state index contributed by atoms with van der Waals surface area (Å²) in [6.45, 7) is 8.55. The van der Waals surface area contributed by atoms with E-state index in [9.17, 15) is 4.79 Å². The molecular formula is C15H26N4O2. The van der Waals surface area contributed by atoms with Gasteiger partial charge in [-0.05, 0) is 19.3 Å². The molecule has 1 aromatic heterocycles. The summed E-state index contributed by atoms with van der Waals surface area (Å²) in [5, 5.41) is 7.39. The highest BCUT2D eigenvalue weighted by molar-refractivity contribution is 5.82. The van der Waals surface area contributed by atoms with E-state index in [2.05, 4.69) is 29.2 Å². The van der Waals surface area contributed by atoms with E-state index in [1.165, 1.54) is 0 Å². The Bertz CT molecular complexity index is 510. The van der Waals surface area contributed by atoms with Crippen molar-refractivity contribution in [3.63, 3.8) is 0 Å². The zero-order valence-electron chi connectivity index (χ0n) is 13.6. The minimum atomic E-state index is -0.0666. The summed E-state index contributed by atoms with van der Waals surface area (Å²) in [5.41, 5.74) is 2.03. The first kappa shape index (κ1) is 15.8. The number of aryl methyl sites for hydroxylation is 2. The van der Waals surface area contributed by atoms with Gasteiger partial charge in [-0.1, -0.05) is 13.8 Å². The lowest BCUT2D eigenvalue weighted by Gasteiger charge is -2.35. The molecule has 0 saturated carbocycles. The zero-order valence-corrected chi connectivity index (χ0v) is 13.6. The van der Waals surface area contributed by atoms with Crippen LogP contribution in [0.5, 0.6) is 5.88 Å². The molecular weight excluding hydrogens is 268 g/mol. The van der Waals surface area contributed by atoms with E-state index in [1.54, 1.807) is 11.8 Å². The van der Waals surface area contributed by atoms with Crippen molar-refractivity contribution in [2.75, 3.05) is 20.2 Å². The second-order valence-corrected chi connectivity index (χ2v) is 6.10. The molecule has 0 bridgehead atoms. The average molecular weight is 294 g/mol. The van der Waals surface area contributed by atoms with Crippen LogP contribution in [-0.2, 0) is 18.4 Å². The summed E-state index contributed by atoms with van der Waals surface area (Å²) < 4.78 is 7.21. The quantitative estimate of drug-likeness (QED) is 0.883. The molecule has 0 radical (unpaired) electrons. The standard InChI is InChI=1S/C15H26N4O2/c1-10(2)8-13-14(20)16-6-7-19(13)9-12-11(3)17-18(4)15(12)21-5/h10,13H,6-9H2,1-5H3,(H,16,20). The van der Waals surface area contributed by atoms with Gasteiger partial charge in [0, 0.05) is 26.7 Å². The predicted octanol–water partition coefficient (Wildman–Crippen LogP) is 1.08. The number of carbonyl (C=O) groups is 1. The van der Waals surface area contributed by atoms with Gasteiger partial charge in [-0.25, -0.2) is 4.68 Å². The number of nitrogens with one attached hydrogen (secondary N) is 1. The Morgan fingerprint density at radius 2 is 2.19 bits per heavy atom. The smallest absolute Gasteiger partial charge is 0.237 e. The molecule has 1 unspecified atom stereocenters. The van der Waals surface area contributed by atoms with Crippen LogP contribution in [0.4, 0.5) is 0 Å². The zero-order chi connectivity index (χ0) is 15.6. The maximum atomic E-state index is 12.2. The van der Waals surface area contributed by atoms with Gasteiger partial charge in [-0.3, -0.25) is 9.69 Å². The van der Waals surface area contributed by atoms with Crippen LogP contribution in [-0.4, -0.2) is 46.8 Å². The molecule has 1 aliphatic rings. The second kappa shape index (κ2) is 6.47. The van der Waals surface area contributed by atoms with Crippen molar-refractivity contribution in [1.82, 2.24) is 20.0 Å². The van der Waals surface area contributed by atoms with E-state index in [4.69, 9.17) is 4.74 Å². The van der Waals surface area contributed by atoms with Crippen LogP contribution >= 0.6 is 0 Å². The van der Waals surface area contributed by atoms with Crippen LogP contribution < -0.4 is 10.1 Å². The maximum absolute atomic E-state index is 12.2. The third-order valence-electron chi connectivity index (χ3n) is 3.98. The highest BCUT2D eigenvalue weighted by atomic mass is 16.5. The molecule has 1 fully saturated rings. The first-order valence-electron chi connectivity index (χ1n) is 7.52. The van der Waals surface area contributed by atoms with Crippen molar-refractivity contribution in [3.05, 3.63) is 11.3 Å². The normalized spacial score (nSPS) is 19.9. The van der Waals surface area contributed by atoms with Crippen LogP contribution in [0.2, 0.25) is 0 Å². The Kier molecular flexibility index (Phi) is 4.88. The number of piperazine rings is 1. The summed E-state index contributed by atoms with van der Waals surface area (Å²) in [5.74, 6) is 1.40. The molecule has 0 spiro atoms. The molecule has 2 heterocycles. The van der Waals surface area contributed by atoms with Gasteiger partial charge >= 0.3 is 0 Å². The largest absolute Gasteiger partial charge is 0.481 e. The Balaban J connectivity index is 2.21. The van der Waals surface area contributed by atoms with E-state index in [1.807, 2.05) is 14.0 Å². The second-order valence-electron chi connectivity index (χ2n) is 6.10. The number of methoxy groups -OCH3 is 1. The SMILES string of the molecule is COc1c(CN2CCNC(=O)C2CC(C)C)c(C)nn1C. The van der Waals surface area contributed by atoms with Gasteiger partial charge in [0.05, 0.1) is 24.4 Å². The summed E-state index contributed by atoms with van der Waals surface area (Å²) >= 11 is 0. The van der Waals surface area contributed by atoms with Crippen LogP contribution in [0.3, 0.4) is 0 Å². The Morgan fingerprint density at radius 3 is 2.81 bits per heavy atom. The highest BCUT2D eigenvalue weighted by Gasteiger charge is 2.31. The highest BCUT2D eigenvalue weighted by Crippen LogP contribution is 2.25. The molecule has 2 rings (SSSR count). The molecule has 0 aliphatic carbocycles. The fourth-order valence-corrected chi connectivity index (χ4v) is 2.98. The topological polar surface area (TPSA) is 59.4 Å².